The molecule has 1 aliphatic heterocycles. The number of nitrogens with two attached hydrogens (primary N) is 1. The van der Waals surface area contributed by atoms with Crippen molar-refractivity contribution < 1.29 is 0 Å². The molecule has 2 N–H and O–H groups in total. The molecule has 3 nitrogen and oxygen atoms in total. The minimum absolute atomic E-state index is 0.229. The summed E-state index contributed by atoms with van der Waals surface area (Å²) in [4.78, 5) is 4.20. The second-order valence-corrected chi connectivity index (χ2v) is 2.92. The maximum absolute atomic E-state index is 5.81. The number of pyridine rings is 1. The summed E-state index contributed by atoms with van der Waals surface area (Å²) in [5.74, 6) is 6.66. The van der Waals surface area contributed by atoms with Gasteiger partial charge in [0, 0.05) is 11.8 Å². The molecule has 0 saturated heterocycles. The van der Waals surface area contributed by atoms with Crippen LogP contribution >= 0.6 is 0 Å². The van der Waals surface area contributed by atoms with E-state index in [9.17, 15) is 0 Å². The lowest BCUT2D eigenvalue weighted by molar-refractivity contribution is 0.750. The molecule has 0 saturated carbocycles. The summed E-state index contributed by atoms with van der Waals surface area (Å²) >= 11 is 0. The number of hydrogen-bond donors (Lipinski definition) is 1. The monoisotopic (exact) mass is 161 g/mol. The molecule has 1 aromatic heterocycles. The first-order chi connectivity index (χ1) is 5.79. The van der Waals surface area contributed by atoms with Gasteiger partial charge in [-0.25, -0.2) is 10.8 Å². The normalized spacial score (nSPS) is 20.8. The van der Waals surface area contributed by atoms with Gasteiger partial charge in [-0.05, 0) is 19.1 Å². The number of aromatic nitrogens is 1. The van der Waals surface area contributed by atoms with Crippen molar-refractivity contribution >= 4 is 11.9 Å². The third-order valence-corrected chi connectivity index (χ3v) is 2.05. The highest BCUT2D eigenvalue weighted by Gasteiger charge is 2.15. The third kappa shape index (κ3) is 0.987. The summed E-state index contributed by atoms with van der Waals surface area (Å²) < 4.78 is 0. The van der Waals surface area contributed by atoms with Crippen molar-refractivity contribution in [2.75, 3.05) is 5.01 Å². The Hall–Kier alpha value is -1.35. The SMILES string of the molecule is CC1C=Cc2cccnc2N1N. The lowest BCUT2D eigenvalue weighted by atomic mass is 10.1. The van der Waals surface area contributed by atoms with Gasteiger partial charge in [-0.15, -0.1) is 0 Å². The fourth-order valence-electron chi connectivity index (χ4n) is 1.28. The smallest absolute Gasteiger partial charge is 0.150 e. The minimum Gasteiger partial charge on any atom is -0.288 e. The Morgan fingerprint density at radius 3 is 3.25 bits per heavy atom. The second-order valence-electron chi connectivity index (χ2n) is 2.92. The molecule has 0 fully saturated rings. The van der Waals surface area contributed by atoms with Crippen LogP contribution in [0.1, 0.15) is 12.5 Å². The molecule has 0 amide bonds. The van der Waals surface area contributed by atoms with Crippen LogP contribution in [0.3, 0.4) is 0 Å². The number of anilines is 1. The highest BCUT2D eigenvalue weighted by Crippen LogP contribution is 2.22. The number of fused-ring (bicyclic) bond motifs is 1. The average molecular weight is 161 g/mol. The Labute approximate surface area is 71.5 Å². The van der Waals surface area contributed by atoms with Gasteiger partial charge in [-0.2, -0.15) is 0 Å². The van der Waals surface area contributed by atoms with Crippen LogP contribution in [0.2, 0.25) is 0 Å². The van der Waals surface area contributed by atoms with E-state index in [1.807, 2.05) is 19.1 Å². The Balaban J connectivity index is 2.52. The fraction of sp³-hybridized carbons (Fsp3) is 0.222. The largest absolute Gasteiger partial charge is 0.288 e. The Morgan fingerprint density at radius 1 is 1.58 bits per heavy atom. The van der Waals surface area contributed by atoms with Gasteiger partial charge in [0.2, 0.25) is 0 Å². The van der Waals surface area contributed by atoms with Crippen LogP contribution in [-0.4, -0.2) is 11.0 Å². The molecule has 0 spiro atoms. The molecule has 0 bridgehead atoms. The van der Waals surface area contributed by atoms with E-state index in [2.05, 4.69) is 17.1 Å². The summed E-state index contributed by atoms with van der Waals surface area (Å²) in [6, 6.07) is 4.14. The molecule has 0 aliphatic carbocycles. The van der Waals surface area contributed by atoms with Gasteiger partial charge in [-0.3, -0.25) is 5.01 Å². The van der Waals surface area contributed by atoms with Crippen molar-refractivity contribution in [3.8, 4) is 0 Å². The first-order valence-electron chi connectivity index (χ1n) is 3.96. The summed E-state index contributed by atoms with van der Waals surface area (Å²) in [7, 11) is 0. The van der Waals surface area contributed by atoms with E-state index >= 15 is 0 Å². The highest BCUT2D eigenvalue weighted by molar-refractivity contribution is 5.67. The van der Waals surface area contributed by atoms with E-state index in [0.717, 1.165) is 11.4 Å². The van der Waals surface area contributed by atoms with E-state index in [1.54, 1.807) is 11.2 Å². The predicted octanol–water partition coefficient (Wildman–Crippen LogP) is 1.18. The van der Waals surface area contributed by atoms with Crippen molar-refractivity contribution in [1.29, 1.82) is 0 Å². The van der Waals surface area contributed by atoms with Crippen LogP contribution in [0, 0.1) is 0 Å². The van der Waals surface area contributed by atoms with E-state index in [1.165, 1.54) is 0 Å². The van der Waals surface area contributed by atoms with Crippen molar-refractivity contribution in [3.05, 3.63) is 30.0 Å². The van der Waals surface area contributed by atoms with Crippen LogP contribution in [0.25, 0.3) is 6.08 Å². The maximum Gasteiger partial charge on any atom is 0.150 e. The molecule has 1 unspecified atom stereocenters. The molecule has 2 rings (SSSR count). The quantitative estimate of drug-likeness (QED) is 0.581. The zero-order valence-corrected chi connectivity index (χ0v) is 6.94. The van der Waals surface area contributed by atoms with Crippen molar-refractivity contribution in [2.45, 2.75) is 13.0 Å². The molecule has 0 radical (unpaired) electrons. The van der Waals surface area contributed by atoms with Gasteiger partial charge in [0.15, 0.2) is 0 Å². The first-order valence-corrected chi connectivity index (χ1v) is 3.96. The Morgan fingerprint density at radius 2 is 2.42 bits per heavy atom. The number of nitrogens with zero attached hydrogens (tertiary/aromatic N) is 2. The van der Waals surface area contributed by atoms with E-state index in [4.69, 9.17) is 5.84 Å². The van der Waals surface area contributed by atoms with E-state index in [-0.39, 0.29) is 6.04 Å². The highest BCUT2D eigenvalue weighted by atomic mass is 15.4. The van der Waals surface area contributed by atoms with Gasteiger partial charge in [-0.1, -0.05) is 12.2 Å². The van der Waals surface area contributed by atoms with E-state index in [0.29, 0.717) is 0 Å². The molecule has 1 aromatic rings. The van der Waals surface area contributed by atoms with Crippen LogP contribution in [0.4, 0.5) is 5.82 Å². The van der Waals surface area contributed by atoms with Gasteiger partial charge < -0.3 is 0 Å². The van der Waals surface area contributed by atoms with Gasteiger partial charge in [0.05, 0.1) is 6.04 Å². The van der Waals surface area contributed by atoms with Crippen molar-refractivity contribution in [3.63, 3.8) is 0 Å². The standard InChI is InChI=1S/C9H11N3/c1-7-4-5-8-3-2-6-11-9(8)12(7)10/h2-7H,10H2,1H3. The molecule has 12 heavy (non-hydrogen) atoms. The van der Waals surface area contributed by atoms with Crippen molar-refractivity contribution in [1.82, 2.24) is 4.98 Å². The van der Waals surface area contributed by atoms with Gasteiger partial charge in [0.1, 0.15) is 5.82 Å². The predicted molar refractivity (Wildman–Crippen MR) is 49.4 cm³/mol. The zero-order chi connectivity index (χ0) is 8.55. The number of hydrazine groups is 1. The summed E-state index contributed by atoms with van der Waals surface area (Å²) in [5.41, 5.74) is 1.08. The molecule has 1 atom stereocenters. The summed E-state index contributed by atoms with van der Waals surface area (Å²) in [6.45, 7) is 2.04. The number of hydrogen-bond acceptors (Lipinski definition) is 3. The molecule has 0 aromatic carbocycles. The molecule has 2 heterocycles. The zero-order valence-electron chi connectivity index (χ0n) is 6.94. The number of rotatable bonds is 0. The van der Waals surface area contributed by atoms with E-state index < -0.39 is 0 Å². The Kier molecular flexibility index (Phi) is 1.59. The minimum atomic E-state index is 0.229. The van der Waals surface area contributed by atoms with Gasteiger partial charge >= 0.3 is 0 Å². The lowest BCUT2D eigenvalue weighted by Gasteiger charge is -2.27. The average Bonchev–Trinajstić information content (AvgIpc) is 2.12. The first kappa shape index (κ1) is 7.31. The molecular weight excluding hydrogens is 150 g/mol. The lowest BCUT2D eigenvalue weighted by Crippen LogP contribution is -2.40. The van der Waals surface area contributed by atoms with Crippen LogP contribution in [-0.2, 0) is 0 Å². The maximum atomic E-state index is 5.81. The topological polar surface area (TPSA) is 42.2 Å². The molecule has 1 aliphatic rings. The van der Waals surface area contributed by atoms with Crippen LogP contribution in [0.5, 0.6) is 0 Å². The summed E-state index contributed by atoms with van der Waals surface area (Å²) in [5, 5.41) is 1.68. The second kappa shape index (κ2) is 2.60. The molecule has 62 valence electrons. The van der Waals surface area contributed by atoms with Crippen LogP contribution in [0.15, 0.2) is 24.4 Å². The van der Waals surface area contributed by atoms with Crippen molar-refractivity contribution in [2.24, 2.45) is 5.84 Å². The Bertz CT molecular complexity index is 319. The third-order valence-electron chi connectivity index (χ3n) is 2.05. The van der Waals surface area contributed by atoms with Crippen LogP contribution < -0.4 is 10.9 Å². The molecular formula is C9H11N3. The molecule has 3 heteroatoms. The van der Waals surface area contributed by atoms with Gasteiger partial charge in [0.25, 0.3) is 0 Å². The summed E-state index contributed by atoms with van der Waals surface area (Å²) in [6.07, 6.45) is 5.87. The fourth-order valence-corrected chi connectivity index (χ4v) is 1.28.